The van der Waals surface area contributed by atoms with Crippen molar-refractivity contribution in [2.45, 2.75) is 70.3 Å². The summed E-state index contributed by atoms with van der Waals surface area (Å²) in [6.07, 6.45) is 13.0. The number of carboxylic acids is 1. The molecular weight excluding hydrogens is 262 g/mol. The molecule has 1 unspecified atom stereocenters. The summed E-state index contributed by atoms with van der Waals surface area (Å²) >= 11 is 0. The molecule has 1 heterocycles. The molecule has 1 saturated heterocycles. The Morgan fingerprint density at radius 2 is 1.71 bits per heavy atom. The summed E-state index contributed by atoms with van der Waals surface area (Å²) in [6, 6.07) is 0.316. The molecule has 0 radical (unpaired) electrons. The van der Waals surface area contributed by atoms with E-state index in [9.17, 15) is 4.79 Å². The third-order valence-electron chi connectivity index (χ3n) is 7.00. The van der Waals surface area contributed by atoms with Gasteiger partial charge in [-0.05, 0) is 94.0 Å². The van der Waals surface area contributed by atoms with E-state index in [0.717, 1.165) is 37.3 Å². The van der Waals surface area contributed by atoms with E-state index in [1.165, 1.54) is 51.4 Å². The second-order valence-electron chi connectivity index (χ2n) is 8.60. The molecule has 0 aromatic carbocycles. The van der Waals surface area contributed by atoms with Crippen molar-refractivity contribution in [3.63, 3.8) is 0 Å². The highest BCUT2D eigenvalue weighted by atomic mass is 16.4. The first-order valence-corrected chi connectivity index (χ1v) is 9.08. The molecular formula is C18H29NO2. The topological polar surface area (TPSA) is 40.5 Å². The molecule has 0 spiro atoms. The molecule has 0 aromatic rings. The summed E-state index contributed by atoms with van der Waals surface area (Å²) in [4.78, 5) is 13.5. The first-order chi connectivity index (χ1) is 10.1. The Morgan fingerprint density at radius 3 is 2.29 bits per heavy atom. The van der Waals surface area contributed by atoms with Crippen molar-refractivity contribution in [2.24, 2.45) is 23.2 Å². The Kier molecular flexibility index (Phi) is 3.52. The van der Waals surface area contributed by atoms with Crippen LogP contribution in [-0.4, -0.2) is 35.1 Å². The van der Waals surface area contributed by atoms with Gasteiger partial charge >= 0.3 is 5.97 Å². The molecule has 5 rings (SSSR count). The van der Waals surface area contributed by atoms with Crippen LogP contribution in [0.4, 0.5) is 0 Å². The molecule has 21 heavy (non-hydrogen) atoms. The van der Waals surface area contributed by atoms with Gasteiger partial charge in [0.1, 0.15) is 0 Å². The zero-order valence-corrected chi connectivity index (χ0v) is 13.1. The fourth-order valence-electron chi connectivity index (χ4n) is 6.60. The third-order valence-corrected chi connectivity index (χ3v) is 7.00. The predicted octanol–water partition coefficient (Wildman–Crippen LogP) is 3.53. The van der Waals surface area contributed by atoms with Crippen LogP contribution < -0.4 is 0 Å². The summed E-state index contributed by atoms with van der Waals surface area (Å²) < 4.78 is 0. The van der Waals surface area contributed by atoms with Crippen LogP contribution in [0.2, 0.25) is 0 Å². The number of hydrogen-bond acceptors (Lipinski definition) is 2. The molecule has 5 aliphatic rings. The van der Waals surface area contributed by atoms with Crippen molar-refractivity contribution >= 4 is 5.97 Å². The largest absolute Gasteiger partial charge is 0.481 e. The maximum atomic E-state index is 11.0. The molecule has 0 aromatic heterocycles. The van der Waals surface area contributed by atoms with Crippen molar-refractivity contribution in [3.05, 3.63) is 0 Å². The molecule has 0 amide bonds. The van der Waals surface area contributed by atoms with Gasteiger partial charge in [-0.2, -0.15) is 0 Å². The van der Waals surface area contributed by atoms with Gasteiger partial charge in [0.2, 0.25) is 0 Å². The first kappa shape index (κ1) is 14.0. The fraction of sp³-hybridized carbons (Fsp3) is 0.944. The normalized spacial score (nSPS) is 45.3. The fourth-order valence-corrected chi connectivity index (χ4v) is 6.60. The number of nitrogens with zero attached hydrogens (tertiary/aromatic N) is 1. The van der Waals surface area contributed by atoms with E-state index in [1.807, 2.05) is 0 Å². The standard InChI is InChI=1S/C18H29NO2/c20-17(21)9-16-2-1-4-19(16)5-3-18-10-13-6-14(11-18)8-15(7-13)12-18/h13-16H,1-12H2,(H,20,21). The van der Waals surface area contributed by atoms with E-state index in [-0.39, 0.29) is 0 Å². The van der Waals surface area contributed by atoms with Gasteiger partial charge in [0, 0.05) is 6.04 Å². The van der Waals surface area contributed by atoms with Crippen molar-refractivity contribution in [2.75, 3.05) is 13.1 Å². The maximum Gasteiger partial charge on any atom is 0.304 e. The smallest absolute Gasteiger partial charge is 0.304 e. The lowest BCUT2D eigenvalue weighted by Gasteiger charge is -2.57. The number of aliphatic carboxylic acids is 1. The summed E-state index contributed by atoms with van der Waals surface area (Å²) in [5.41, 5.74) is 0.644. The van der Waals surface area contributed by atoms with Gasteiger partial charge in [-0.1, -0.05) is 0 Å². The van der Waals surface area contributed by atoms with Crippen LogP contribution in [0, 0.1) is 23.2 Å². The number of hydrogen-bond donors (Lipinski definition) is 1. The lowest BCUT2D eigenvalue weighted by Crippen LogP contribution is -2.47. The van der Waals surface area contributed by atoms with Crippen molar-refractivity contribution < 1.29 is 9.90 Å². The summed E-state index contributed by atoms with van der Waals surface area (Å²) in [5, 5.41) is 9.06. The maximum absolute atomic E-state index is 11.0. The van der Waals surface area contributed by atoms with Gasteiger partial charge in [0.05, 0.1) is 6.42 Å². The van der Waals surface area contributed by atoms with Crippen LogP contribution in [0.15, 0.2) is 0 Å². The van der Waals surface area contributed by atoms with Gasteiger partial charge in [0.25, 0.3) is 0 Å². The van der Waals surface area contributed by atoms with Crippen LogP contribution in [0.25, 0.3) is 0 Å². The van der Waals surface area contributed by atoms with Crippen LogP contribution in [0.1, 0.15) is 64.2 Å². The average molecular weight is 291 g/mol. The minimum Gasteiger partial charge on any atom is -0.481 e. The average Bonchev–Trinajstić information content (AvgIpc) is 2.81. The number of carbonyl (C=O) groups is 1. The van der Waals surface area contributed by atoms with Crippen LogP contribution in [0.5, 0.6) is 0 Å². The van der Waals surface area contributed by atoms with E-state index < -0.39 is 5.97 Å². The van der Waals surface area contributed by atoms with E-state index >= 15 is 0 Å². The highest BCUT2D eigenvalue weighted by molar-refractivity contribution is 5.67. The third kappa shape index (κ3) is 2.74. The van der Waals surface area contributed by atoms with Crippen molar-refractivity contribution in [1.29, 1.82) is 0 Å². The molecule has 4 saturated carbocycles. The highest BCUT2D eigenvalue weighted by Crippen LogP contribution is 2.61. The van der Waals surface area contributed by atoms with Gasteiger partial charge in [-0.3, -0.25) is 9.69 Å². The number of carboxylic acid groups (broad SMARTS) is 1. The summed E-state index contributed by atoms with van der Waals surface area (Å²) in [5.74, 6) is 2.47. The molecule has 1 atom stereocenters. The van der Waals surface area contributed by atoms with Gasteiger partial charge < -0.3 is 5.11 Å². The molecule has 4 aliphatic carbocycles. The van der Waals surface area contributed by atoms with E-state index in [0.29, 0.717) is 17.9 Å². The lowest BCUT2D eigenvalue weighted by molar-refractivity contribution is -0.138. The second kappa shape index (κ2) is 5.26. The van der Waals surface area contributed by atoms with E-state index in [2.05, 4.69) is 4.90 Å². The Balaban J connectivity index is 1.37. The van der Waals surface area contributed by atoms with E-state index in [1.54, 1.807) is 0 Å². The Bertz CT molecular complexity index is 384. The minimum absolute atomic E-state index is 0.316. The molecule has 4 bridgehead atoms. The first-order valence-electron chi connectivity index (χ1n) is 9.08. The quantitative estimate of drug-likeness (QED) is 0.842. The molecule has 1 N–H and O–H groups in total. The Hall–Kier alpha value is -0.570. The summed E-state index contributed by atoms with van der Waals surface area (Å²) in [7, 11) is 0. The number of rotatable bonds is 5. The molecule has 5 fully saturated rings. The van der Waals surface area contributed by atoms with Gasteiger partial charge in [-0.15, -0.1) is 0 Å². The monoisotopic (exact) mass is 291 g/mol. The molecule has 3 nitrogen and oxygen atoms in total. The Labute approximate surface area is 128 Å². The lowest BCUT2D eigenvalue weighted by atomic mass is 9.49. The van der Waals surface area contributed by atoms with E-state index in [4.69, 9.17) is 5.11 Å². The summed E-state index contributed by atoms with van der Waals surface area (Å²) in [6.45, 7) is 2.29. The van der Waals surface area contributed by atoms with Gasteiger partial charge in [-0.25, -0.2) is 0 Å². The predicted molar refractivity (Wildman–Crippen MR) is 82.1 cm³/mol. The van der Waals surface area contributed by atoms with Gasteiger partial charge in [0.15, 0.2) is 0 Å². The molecule has 118 valence electrons. The van der Waals surface area contributed by atoms with Crippen molar-refractivity contribution in [1.82, 2.24) is 4.90 Å². The van der Waals surface area contributed by atoms with Crippen LogP contribution >= 0.6 is 0 Å². The number of likely N-dealkylation sites (tertiary alicyclic amines) is 1. The molecule has 1 aliphatic heterocycles. The Morgan fingerprint density at radius 1 is 1.10 bits per heavy atom. The minimum atomic E-state index is -0.623. The second-order valence-corrected chi connectivity index (χ2v) is 8.60. The SMILES string of the molecule is O=C(O)CC1CCCN1CCC12CC3CC(CC(C3)C1)C2. The van der Waals surface area contributed by atoms with Crippen LogP contribution in [0.3, 0.4) is 0 Å². The highest BCUT2D eigenvalue weighted by Gasteiger charge is 2.50. The van der Waals surface area contributed by atoms with Crippen molar-refractivity contribution in [3.8, 4) is 0 Å². The van der Waals surface area contributed by atoms with Crippen LogP contribution in [-0.2, 0) is 4.79 Å². The zero-order valence-electron chi connectivity index (χ0n) is 13.1. The molecule has 3 heteroatoms. The zero-order chi connectivity index (χ0) is 14.4.